The van der Waals surface area contributed by atoms with Crippen LogP contribution in [0, 0.1) is 5.41 Å². The maximum atomic E-state index is 5.78. The fourth-order valence-corrected chi connectivity index (χ4v) is 1.23. The van der Waals surface area contributed by atoms with E-state index in [4.69, 9.17) is 9.47 Å². The molecule has 1 aromatic carbocycles. The van der Waals surface area contributed by atoms with Crippen molar-refractivity contribution in [1.82, 2.24) is 0 Å². The lowest BCUT2D eigenvalue weighted by molar-refractivity contribution is -0.0875. The van der Waals surface area contributed by atoms with Gasteiger partial charge in [-0.1, -0.05) is 32.0 Å². The highest BCUT2D eigenvalue weighted by molar-refractivity contribution is 5.21. The molecule has 0 bridgehead atoms. The van der Waals surface area contributed by atoms with Crippen molar-refractivity contribution in [2.45, 2.75) is 33.3 Å². The van der Waals surface area contributed by atoms with E-state index in [9.17, 15) is 0 Å². The molecule has 0 saturated heterocycles. The molecule has 0 atom stereocenters. The van der Waals surface area contributed by atoms with Gasteiger partial charge in [0.2, 0.25) is 0 Å². The Bertz CT molecular complexity index is 315. The fraction of sp³-hybridized carbons (Fsp3) is 0.571. The minimum atomic E-state index is -0.207. The molecule has 0 aromatic heterocycles. The molecule has 0 fully saturated rings. The number of hydrogen-bond donors (Lipinski definition) is 0. The van der Waals surface area contributed by atoms with E-state index in [0.29, 0.717) is 6.61 Å². The van der Waals surface area contributed by atoms with Crippen LogP contribution in [0.15, 0.2) is 30.3 Å². The van der Waals surface area contributed by atoms with Crippen LogP contribution in [0.3, 0.4) is 0 Å². The number of hydrogen-bond acceptors (Lipinski definition) is 2. The molecule has 1 rings (SSSR count). The predicted octanol–water partition coefficient (Wildman–Crippen LogP) is 3.52. The van der Waals surface area contributed by atoms with Crippen molar-refractivity contribution < 1.29 is 9.47 Å². The van der Waals surface area contributed by atoms with Crippen LogP contribution >= 0.6 is 0 Å². The average molecular weight is 222 g/mol. The van der Waals surface area contributed by atoms with Gasteiger partial charge in [0.05, 0.1) is 12.2 Å². The smallest absolute Gasteiger partial charge is 0.119 e. The summed E-state index contributed by atoms with van der Waals surface area (Å²) in [5.74, 6) is 0.905. The van der Waals surface area contributed by atoms with Gasteiger partial charge in [-0.05, 0) is 26.0 Å². The largest absolute Gasteiger partial charge is 0.493 e. The van der Waals surface area contributed by atoms with Crippen LogP contribution in [-0.4, -0.2) is 19.3 Å². The summed E-state index contributed by atoms with van der Waals surface area (Å²) < 4.78 is 11.3. The number of rotatable bonds is 5. The van der Waals surface area contributed by atoms with E-state index >= 15 is 0 Å². The highest BCUT2D eigenvalue weighted by Gasteiger charge is 2.37. The van der Waals surface area contributed by atoms with Crippen molar-refractivity contribution in [3.63, 3.8) is 0 Å². The molecule has 0 aliphatic carbocycles. The summed E-state index contributed by atoms with van der Waals surface area (Å²) in [7, 11) is 1.74. The first-order valence-electron chi connectivity index (χ1n) is 5.62. The highest BCUT2D eigenvalue weighted by Crippen LogP contribution is 2.33. The minimum Gasteiger partial charge on any atom is -0.493 e. The Morgan fingerprint density at radius 1 is 1.00 bits per heavy atom. The molecule has 0 saturated carbocycles. The summed E-state index contributed by atoms with van der Waals surface area (Å²) in [5, 5.41) is 0. The van der Waals surface area contributed by atoms with Crippen molar-refractivity contribution in [2.75, 3.05) is 13.7 Å². The van der Waals surface area contributed by atoms with Gasteiger partial charge < -0.3 is 9.47 Å². The Hall–Kier alpha value is -1.02. The Morgan fingerprint density at radius 3 is 2.06 bits per heavy atom. The van der Waals surface area contributed by atoms with E-state index in [1.165, 1.54) is 0 Å². The van der Waals surface area contributed by atoms with Crippen LogP contribution in [0.1, 0.15) is 27.7 Å². The molecule has 0 aliphatic heterocycles. The molecule has 16 heavy (non-hydrogen) atoms. The molecular formula is C14H22O2. The van der Waals surface area contributed by atoms with Crippen LogP contribution in [-0.2, 0) is 4.74 Å². The second kappa shape index (κ2) is 4.88. The van der Waals surface area contributed by atoms with Crippen LogP contribution in [0.2, 0.25) is 0 Å². The van der Waals surface area contributed by atoms with Crippen LogP contribution in [0.5, 0.6) is 5.75 Å². The van der Waals surface area contributed by atoms with E-state index in [2.05, 4.69) is 27.7 Å². The maximum Gasteiger partial charge on any atom is 0.119 e. The van der Waals surface area contributed by atoms with Gasteiger partial charge in [-0.3, -0.25) is 0 Å². The molecule has 1 aromatic rings. The summed E-state index contributed by atoms with van der Waals surface area (Å²) in [6.07, 6.45) is 0. The van der Waals surface area contributed by atoms with E-state index in [-0.39, 0.29) is 11.0 Å². The lowest BCUT2D eigenvalue weighted by Gasteiger charge is -2.40. The SMILES string of the molecule is COC(C)(C)C(C)(C)COc1ccccc1. The standard InChI is InChI=1S/C14H22O2/c1-13(2,14(3,4)15-5)11-16-12-9-7-6-8-10-12/h6-10H,11H2,1-5H3. The van der Waals surface area contributed by atoms with E-state index < -0.39 is 0 Å². The van der Waals surface area contributed by atoms with Gasteiger partial charge in [0.25, 0.3) is 0 Å². The molecule has 0 N–H and O–H groups in total. The van der Waals surface area contributed by atoms with Crippen molar-refractivity contribution in [3.05, 3.63) is 30.3 Å². The first kappa shape index (κ1) is 13.0. The Morgan fingerprint density at radius 2 is 1.56 bits per heavy atom. The maximum absolute atomic E-state index is 5.78. The Labute approximate surface area is 98.6 Å². The van der Waals surface area contributed by atoms with E-state index in [1.807, 2.05) is 30.3 Å². The first-order chi connectivity index (χ1) is 7.39. The number of benzene rings is 1. The Balaban J connectivity index is 2.61. The van der Waals surface area contributed by atoms with Crippen molar-refractivity contribution >= 4 is 0 Å². The molecule has 2 heteroatoms. The third-order valence-corrected chi connectivity index (χ3v) is 3.48. The van der Waals surface area contributed by atoms with Crippen LogP contribution < -0.4 is 4.74 Å². The third kappa shape index (κ3) is 2.99. The van der Waals surface area contributed by atoms with Gasteiger partial charge in [0.15, 0.2) is 0 Å². The van der Waals surface area contributed by atoms with Gasteiger partial charge in [-0.2, -0.15) is 0 Å². The van der Waals surface area contributed by atoms with Crippen molar-refractivity contribution in [3.8, 4) is 5.75 Å². The summed E-state index contributed by atoms with van der Waals surface area (Å²) in [4.78, 5) is 0. The molecule has 0 aliphatic rings. The lowest BCUT2D eigenvalue weighted by Crippen LogP contribution is -2.44. The zero-order valence-electron chi connectivity index (χ0n) is 10.9. The topological polar surface area (TPSA) is 18.5 Å². The summed E-state index contributed by atoms with van der Waals surface area (Å²) in [6.45, 7) is 9.11. The van der Waals surface area contributed by atoms with Crippen LogP contribution in [0.25, 0.3) is 0 Å². The predicted molar refractivity (Wildman–Crippen MR) is 66.8 cm³/mol. The summed E-state index contributed by atoms with van der Waals surface area (Å²) >= 11 is 0. The zero-order chi connectivity index (χ0) is 12.2. The highest BCUT2D eigenvalue weighted by atomic mass is 16.5. The van der Waals surface area contributed by atoms with Crippen LogP contribution in [0.4, 0.5) is 0 Å². The first-order valence-corrected chi connectivity index (χ1v) is 5.62. The molecule has 0 radical (unpaired) electrons. The molecular weight excluding hydrogens is 200 g/mol. The second-order valence-corrected chi connectivity index (χ2v) is 5.20. The van der Waals surface area contributed by atoms with Crippen molar-refractivity contribution in [2.24, 2.45) is 5.41 Å². The summed E-state index contributed by atoms with van der Waals surface area (Å²) in [6, 6.07) is 9.87. The normalized spacial score (nSPS) is 12.6. The molecule has 90 valence electrons. The molecule has 2 nitrogen and oxygen atoms in total. The number of methoxy groups -OCH3 is 1. The van der Waals surface area contributed by atoms with Crippen molar-refractivity contribution in [1.29, 1.82) is 0 Å². The zero-order valence-corrected chi connectivity index (χ0v) is 10.9. The lowest BCUT2D eigenvalue weighted by atomic mass is 9.78. The summed E-state index contributed by atoms with van der Waals surface area (Å²) in [5.41, 5.74) is -0.251. The third-order valence-electron chi connectivity index (χ3n) is 3.48. The minimum absolute atomic E-state index is 0.0441. The average Bonchev–Trinajstić information content (AvgIpc) is 2.27. The molecule has 0 unspecified atom stereocenters. The van der Waals surface area contributed by atoms with Gasteiger partial charge in [0, 0.05) is 12.5 Å². The van der Waals surface area contributed by atoms with Gasteiger partial charge in [-0.15, -0.1) is 0 Å². The monoisotopic (exact) mass is 222 g/mol. The second-order valence-electron chi connectivity index (χ2n) is 5.20. The Kier molecular flexibility index (Phi) is 3.98. The van der Waals surface area contributed by atoms with Gasteiger partial charge in [0.1, 0.15) is 5.75 Å². The molecule has 0 amide bonds. The fourth-order valence-electron chi connectivity index (χ4n) is 1.23. The molecule has 0 heterocycles. The molecule has 0 spiro atoms. The quantitative estimate of drug-likeness (QED) is 0.759. The number of para-hydroxylation sites is 1. The van der Waals surface area contributed by atoms with Gasteiger partial charge >= 0.3 is 0 Å². The van der Waals surface area contributed by atoms with Gasteiger partial charge in [-0.25, -0.2) is 0 Å². The van der Waals surface area contributed by atoms with E-state index in [0.717, 1.165) is 5.75 Å². The van der Waals surface area contributed by atoms with E-state index in [1.54, 1.807) is 7.11 Å². The number of ether oxygens (including phenoxy) is 2.